The number of rotatable bonds is 4. The first kappa shape index (κ1) is 28.7. The Hall–Kier alpha value is -0.380. The van der Waals surface area contributed by atoms with Gasteiger partial charge in [-0.1, -0.05) is 46.3 Å². The maximum atomic E-state index is 12.4. The quantitative estimate of drug-likeness (QED) is 0.130. The van der Waals surface area contributed by atoms with E-state index in [1.54, 1.807) is 0 Å². The summed E-state index contributed by atoms with van der Waals surface area (Å²) in [5.74, 6) is 0.0774. The van der Waals surface area contributed by atoms with Gasteiger partial charge in [0.2, 0.25) is 6.04 Å². The van der Waals surface area contributed by atoms with Crippen LogP contribution in [-0.2, 0) is 13.7 Å². The van der Waals surface area contributed by atoms with E-state index in [0.29, 0.717) is 19.4 Å². The molecule has 1 saturated carbocycles. The molecule has 0 amide bonds. The third-order valence-electron chi connectivity index (χ3n) is 7.02. The van der Waals surface area contributed by atoms with Crippen LogP contribution in [0.4, 0.5) is 0 Å². The molecule has 9 heteroatoms. The molecule has 31 heavy (non-hydrogen) atoms. The largest absolute Gasteiger partial charge is 0.462 e. The van der Waals surface area contributed by atoms with E-state index < -0.39 is 16.4 Å². The molecule has 0 bridgehead atoms. The lowest BCUT2D eigenvalue weighted by molar-refractivity contribution is -0.525. The normalized spacial score (nSPS) is 32.7. The first-order chi connectivity index (χ1) is 14.4. The molecule has 1 heterocycles. The molecule has 0 radical (unpaired) electrons. The molecule has 1 saturated heterocycles. The highest BCUT2D eigenvalue weighted by Crippen LogP contribution is 2.56. The lowest BCUT2D eigenvalue weighted by Crippen LogP contribution is -2.43. The summed E-state index contributed by atoms with van der Waals surface area (Å²) in [6, 6.07) is -0.530. The molecule has 3 unspecified atom stereocenters. The van der Waals surface area contributed by atoms with Crippen molar-refractivity contribution >= 4 is 39.6 Å². The van der Waals surface area contributed by atoms with Crippen molar-refractivity contribution in [2.24, 2.45) is 23.7 Å². The van der Waals surface area contributed by atoms with E-state index in [-0.39, 0.29) is 45.4 Å². The Morgan fingerprint density at radius 3 is 2.35 bits per heavy atom. The number of cyclic esters (lactones) is 1. The smallest absolute Gasteiger partial charge is 0.313 e. The second-order valence-electron chi connectivity index (χ2n) is 9.61. The number of carbonyl (C=O) groups excluding carboxylic acids is 1. The molecule has 3 rings (SSSR count). The van der Waals surface area contributed by atoms with E-state index >= 15 is 0 Å². The van der Waals surface area contributed by atoms with Crippen molar-refractivity contribution in [2.75, 3.05) is 19.1 Å². The van der Waals surface area contributed by atoms with Gasteiger partial charge in [-0.05, 0) is 37.7 Å². The van der Waals surface area contributed by atoms with Crippen LogP contribution in [-0.4, -0.2) is 46.9 Å². The standard InChI is InChI=1S/C20H33NO5S.C2H6.H2S2/c1-12-18-16(19(22)26-12)10-13-9-14(21(23)24)7-8-15(13)17(18)11-25-27(5,6)20(2,3)4;2*1-2/h10,12,14-18H,7-9,11H2,1-6H3;1-2H3;1-2H/t12?,14-,15-,16?,17+,18?;;/m1../s1. The van der Waals surface area contributed by atoms with E-state index in [2.05, 4.69) is 56.6 Å². The van der Waals surface area contributed by atoms with E-state index in [1.165, 1.54) is 0 Å². The maximum absolute atomic E-state index is 12.4. The monoisotopic (exact) mass is 495 g/mol. The molecule has 6 nitrogen and oxygen atoms in total. The second kappa shape index (κ2) is 11.7. The Labute approximate surface area is 200 Å². The summed E-state index contributed by atoms with van der Waals surface area (Å²) in [7, 11) is -1.27. The van der Waals surface area contributed by atoms with Crippen molar-refractivity contribution in [3.05, 3.63) is 21.8 Å². The van der Waals surface area contributed by atoms with Crippen molar-refractivity contribution in [1.82, 2.24) is 0 Å². The minimum absolute atomic E-state index is 0.0661. The Morgan fingerprint density at radius 1 is 1.26 bits per heavy atom. The summed E-state index contributed by atoms with van der Waals surface area (Å²) in [6.45, 7) is 13.2. The van der Waals surface area contributed by atoms with Crippen LogP contribution in [0.5, 0.6) is 0 Å². The van der Waals surface area contributed by atoms with Crippen molar-refractivity contribution in [3.63, 3.8) is 0 Å². The molecule has 0 aromatic heterocycles. The average Bonchev–Trinajstić information content (AvgIpc) is 3.00. The summed E-state index contributed by atoms with van der Waals surface area (Å²) in [5, 5.41) is 11.3. The van der Waals surface area contributed by atoms with Crippen LogP contribution >= 0.6 is 33.6 Å². The minimum Gasteiger partial charge on any atom is -0.462 e. The van der Waals surface area contributed by atoms with Gasteiger partial charge < -0.3 is 8.92 Å². The van der Waals surface area contributed by atoms with Gasteiger partial charge in [0.15, 0.2) is 0 Å². The van der Waals surface area contributed by atoms with Gasteiger partial charge in [-0.3, -0.25) is 14.9 Å². The Morgan fingerprint density at radius 2 is 1.84 bits per heavy atom. The number of hydrogen-bond acceptors (Lipinski definition) is 7. The van der Waals surface area contributed by atoms with Gasteiger partial charge in [0.1, 0.15) is 6.10 Å². The Kier molecular flexibility index (Phi) is 10.8. The van der Waals surface area contributed by atoms with Crippen LogP contribution in [0.1, 0.15) is 60.8 Å². The van der Waals surface area contributed by atoms with Crippen LogP contribution in [0.15, 0.2) is 11.6 Å². The summed E-state index contributed by atoms with van der Waals surface area (Å²) in [5.41, 5.74) is 1.08. The highest BCUT2D eigenvalue weighted by molar-refractivity contribution is 8.59. The Bertz CT molecular complexity index is 662. The van der Waals surface area contributed by atoms with Crippen LogP contribution in [0.25, 0.3) is 0 Å². The molecule has 0 aromatic rings. The molecule has 2 aliphatic carbocycles. The third kappa shape index (κ3) is 6.36. The molecule has 182 valence electrons. The summed E-state index contributed by atoms with van der Waals surface area (Å²) in [6.07, 6.45) is 8.09. The molecular formula is C22H41NO5S3. The number of esters is 1. The van der Waals surface area contributed by atoms with Crippen molar-refractivity contribution in [2.45, 2.75) is 77.7 Å². The summed E-state index contributed by atoms with van der Waals surface area (Å²) in [4.78, 5) is 23.5. The number of fused-ring (bicyclic) bond motifs is 2. The Balaban J connectivity index is 0.00000113. The van der Waals surface area contributed by atoms with Crippen molar-refractivity contribution in [3.8, 4) is 0 Å². The van der Waals surface area contributed by atoms with Gasteiger partial charge >= 0.3 is 5.97 Å². The van der Waals surface area contributed by atoms with Gasteiger partial charge in [0.05, 0.1) is 12.5 Å². The van der Waals surface area contributed by atoms with Crippen LogP contribution < -0.4 is 0 Å². The van der Waals surface area contributed by atoms with Crippen LogP contribution in [0, 0.1) is 33.8 Å². The number of nitrogens with zero attached hydrogens (tertiary/aromatic N) is 1. The first-order valence-corrected chi connectivity index (χ1v) is 15.0. The summed E-state index contributed by atoms with van der Waals surface area (Å²) < 4.78 is 12.1. The number of nitro groups is 1. The van der Waals surface area contributed by atoms with Crippen molar-refractivity contribution in [1.29, 1.82) is 0 Å². The van der Waals surface area contributed by atoms with Gasteiger partial charge in [0, 0.05) is 28.4 Å². The maximum Gasteiger partial charge on any atom is 0.313 e. The van der Waals surface area contributed by atoms with Gasteiger partial charge in [-0.2, -0.15) is 0 Å². The molecular weight excluding hydrogens is 454 g/mol. The van der Waals surface area contributed by atoms with Crippen LogP contribution in [0.3, 0.4) is 0 Å². The van der Waals surface area contributed by atoms with E-state index in [4.69, 9.17) is 8.92 Å². The van der Waals surface area contributed by atoms with Crippen molar-refractivity contribution < 1.29 is 18.6 Å². The number of ether oxygens (including phenoxy) is 1. The zero-order valence-corrected chi connectivity index (χ0v) is 22.8. The minimum atomic E-state index is -1.27. The lowest BCUT2D eigenvalue weighted by atomic mass is 9.62. The van der Waals surface area contributed by atoms with Crippen LogP contribution in [0.2, 0.25) is 0 Å². The zero-order valence-electron chi connectivity index (χ0n) is 20.2. The van der Waals surface area contributed by atoms with Gasteiger partial charge in [-0.15, -0.1) is 33.6 Å². The number of hydrogen-bond donors (Lipinski definition) is 2. The highest BCUT2D eigenvalue weighted by atomic mass is 33.1. The van der Waals surface area contributed by atoms with Gasteiger partial charge in [-0.25, -0.2) is 0 Å². The topological polar surface area (TPSA) is 78.7 Å². The molecule has 3 aliphatic rings. The third-order valence-corrected chi connectivity index (χ3v) is 10.7. The van der Waals surface area contributed by atoms with Gasteiger partial charge in [0.25, 0.3) is 0 Å². The SMILES string of the molecule is CC.CC1OC(=O)C2C=C3C[C@H]([N+](=O)[O-])CC[C@H]3[C@H](COS(C)(C)C(C)(C)C)C12.SS. The first-order valence-electron chi connectivity index (χ1n) is 11.0. The second-order valence-corrected chi connectivity index (χ2v) is 13.5. The average molecular weight is 496 g/mol. The van der Waals surface area contributed by atoms with E-state index in [0.717, 1.165) is 12.0 Å². The predicted molar refractivity (Wildman–Crippen MR) is 137 cm³/mol. The zero-order chi connectivity index (χ0) is 24.1. The van der Waals surface area contributed by atoms with E-state index in [9.17, 15) is 14.9 Å². The molecule has 0 N–H and O–H groups in total. The predicted octanol–water partition coefficient (Wildman–Crippen LogP) is 5.75. The molecule has 0 aromatic carbocycles. The fraction of sp³-hybridized carbons (Fsp3) is 0.864. The molecule has 1 aliphatic heterocycles. The number of carbonyl (C=O) groups is 1. The lowest BCUT2D eigenvalue weighted by Gasteiger charge is -2.47. The molecule has 0 spiro atoms. The molecule has 6 atom stereocenters. The summed E-state index contributed by atoms with van der Waals surface area (Å²) >= 11 is 6.44. The fourth-order valence-electron chi connectivity index (χ4n) is 4.68. The number of thiol groups is 2. The molecule has 2 fully saturated rings. The van der Waals surface area contributed by atoms with E-state index in [1.807, 2.05) is 26.8 Å². The highest BCUT2D eigenvalue weighted by Gasteiger charge is 2.53. The fourth-order valence-corrected chi connectivity index (χ4v) is 5.53.